The van der Waals surface area contributed by atoms with Gasteiger partial charge in [-0.3, -0.25) is 14.3 Å². The van der Waals surface area contributed by atoms with Crippen molar-refractivity contribution in [1.29, 1.82) is 0 Å². The van der Waals surface area contributed by atoms with Gasteiger partial charge in [-0.15, -0.1) is 11.3 Å². The van der Waals surface area contributed by atoms with Crippen molar-refractivity contribution >= 4 is 29.2 Å². The maximum atomic E-state index is 12.9. The predicted molar refractivity (Wildman–Crippen MR) is 127 cm³/mol. The van der Waals surface area contributed by atoms with Crippen LogP contribution in [-0.2, 0) is 25.6 Å². The molecule has 0 radical (unpaired) electrons. The van der Waals surface area contributed by atoms with Crippen LogP contribution in [0.4, 0.5) is 0 Å². The van der Waals surface area contributed by atoms with Gasteiger partial charge in [-0.2, -0.15) is 5.10 Å². The summed E-state index contributed by atoms with van der Waals surface area (Å²) in [6, 6.07) is 13.6. The van der Waals surface area contributed by atoms with Crippen LogP contribution in [0.25, 0.3) is 10.6 Å². The third-order valence-electron chi connectivity index (χ3n) is 5.72. The van der Waals surface area contributed by atoms with Crippen LogP contribution < -0.4 is 0 Å². The maximum Gasteiger partial charge on any atom is 0.342 e. The fourth-order valence-electron chi connectivity index (χ4n) is 3.94. The summed E-state index contributed by atoms with van der Waals surface area (Å²) < 4.78 is 12.2. The van der Waals surface area contributed by atoms with E-state index in [2.05, 4.69) is 5.10 Å². The minimum Gasteiger partial charge on any atom is -0.466 e. The van der Waals surface area contributed by atoms with Gasteiger partial charge in [0.05, 0.1) is 23.9 Å². The lowest BCUT2D eigenvalue weighted by atomic mass is 9.97. The number of amides is 1. The van der Waals surface area contributed by atoms with Crippen molar-refractivity contribution in [2.45, 2.75) is 26.3 Å². The lowest BCUT2D eigenvalue weighted by molar-refractivity contribution is -0.151. The van der Waals surface area contributed by atoms with Gasteiger partial charge in [0.2, 0.25) is 0 Å². The normalized spacial score (nSPS) is 14.1. The standard InChI is InChI=1S/C25H27N3O5S/c1-2-32-24(30)19-10-12-27(13-11-19)22(29)17-33-25(31)20-16-28(15-18-7-4-3-5-8-18)26-23(20)21-9-6-14-34-21/h3-9,14,16,19H,2,10-13,15,17H2,1H3. The number of likely N-dealkylation sites (tertiary alicyclic amines) is 1. The molecule has 1 amide bonds. The Morgan fingerprint density at radius 1 is 1.06 bits per heavy atom. The second-order valence-electron chi connectivity index (χ2n) is 8.04. The van der Waals surface area contributed by atoms with Gasteiger partial charge < -0.3 is 14.4 Å². The molecule has 0 atom stereocenters. The molecule has 1 aromatic carbocycles. The molecule has 1 aliphatic heterocycles. The lowest BCUT2D eigenvalue weighted by Crippen LogP contribution is -2.42. The summed E-state index contributed by atoms with van der Waals surface area (Å²) in [5.41, 5.74) is 1.93. The lowest BCUT2D eigenvalue weighted by Gasteiger charge is -2.30. The molecule has 2 aromatic heterocycles. The van der Waals surface area contributed by atoms with E-state index in [1.165, 1.54) is 11.3 Å². The molecular formula is C25H27N3O5S. The average molecular weight is 482 g/mol. The van der Waals surface area contributed by atoms with Gasteiger partial charge in [0.1, 0.15) is 11.3 Å². The maximum absolute atomic E-state index is 12.9. The minimum atomic E-state index is -0.586. The highest BCUT2D eigenvalue weighted by molar-refractivity contribution is 7.13. The van der Waals surface area contributed by atoms with Crippen molar-refractivity contribution in [3.8, 4) is 10.6 Å². The number of aromatic nitrogens is 2. The quantitative estimate of drug-likeness (QED) is 0.457. The Balaban J connectivity index is 1.38. The second-order valence-corrected chi connectivity index (χ2v) is 8.98. The predicted octanol–water partition coefficient (Wildman–Crippen LogP) is 3.62. The molecule has 0 unspecified atom stereocenters. The number of hydrogen-bond donors (Lipinski definition) is 0. The van der Waals surface area contributed by atoms with E-state index in [0.29, 0.717) is 50.3 Å². The number of hydrogen-bond acceptors (Lipinski definition) is 7. The Hall–Kier alpha value is -3.46. The van der Waals surface area contributed by atoms with E-state index in [9.17, 15) is 14.4 Å². The molecule has 178 valence electrons. The number of carbonyl (C=O) groups is 3. The first-order valence-corrected chi connectivity index (χ1v) is 12.2. The summed E-state index contributed by atoms with van der Waals surface area (Å²) in [5.74, 6) is -1.26. The molecule has 34 heavy (non-hydrogen) atoms. The zero-order chi connectivity index (χ0) is 23.9. The summed E-state index contributed by atoms with van der Waals surface area (Å²) in [5, 5.41) is 6.53. The SMILES string of the molecule is CCOC(=O)C1CCN(C(=O)COC(=O)c2cn(Cc3ccccc3)nc2-c2cccs2)CC1. The van der Waals surface area contributed by atoms with Crippen molar-refractivity contribution in [2.75, 3.05) is 26.3 Å². The number of benzene rings is 1. The summed E-state index contributed by atoms with van der Waals surface area (Å²) in [7, 11) is 0. The van der Waals surface area contributed by atoms with E-state index >= 15 is 0 Å². The highest BCUT2D eigenvalue weighted by atomic mass is 32.1. The molecule has 1 aliphatic rings. The molecule has 8 nitrogen and oxygen atoms in total. The van der Waals surface area contributed by atoms with E-state index in [-0.39, 0.29) is 24.4 Å². The van der Waals surface area contributed by atoms with Crippen LogP contribution in [0.5, 0.6) is 0 Å². The molecule has 0 aliphatic carbocycles. The van der Waals surface area contributed by atoms with Crippen LogP contribution >= 0.6 is 11.3 Å². The van der Waals surface area contributed by atoms with Crippen molar-refractivity contribution in [2.24, 2.45) is 5.92 Å². The van der Waals surface area contributed by atoms with Gasteiger partial charge >= 0.3 is 11.9 Å². The Morgan fingerprint density at radius 2 is 1.82 bits per heavy atom. The van der Waals surface area contributed by atoms with Gasteiger partial charge in [0, 0.05) is 19.3 Å². The van der Waals surface area contributed by atoms with Gasteiger partial charge in [-0.1, -0.05) is 36.4 Å². The summed E-state index contributed by atoms with van der Waals surface area (Å²) in [4.78, 5) is 39.9. The van der Waals surface area contributed by atoms with Crippen molar-refractivity contribution in [1.82, 2.24) is 14.7 Å². The molecule has 0 saturated carbocycles. The average Bonchev–Trinajstić information content (AvgIpc) is 3.53. The molecule has 3 aromatic rings. The number of piperidine rings is 1. The largest absolute Gasteiger partial charge is 0.466 e. The highest BCUT2D eigenvalue weighted by Gasteiger charge is 2.29. The summed E-state index contributed by atoms with van der Waals surface area (Å²) in [6.07, 6.45) is 2.76. The van der Waals surface area contributed by atoms with Gasteiger partial charge in [0.25, 0.3) is 5.91 Å². The van der Waals surface area contributed by atoms with Gasteiger partial charge in [-0.05, 0) is 36.8 Å². The Kier molecular flexibility index (Phi) is 7.74. The topological polar surface area (TPSA) is 90.7 Å². The smallest absolute Gasteiger partial charge is 0.342 e. The van der Waals surface area contributed by atoms with Crippen LogP contribution in [-0.4, -0.2) is 58.8 Å². The van der Waals surface area contributed by atoms with Crippen LogP contribution in [0.2, 0.25) is 0 Å². The number of rotatable bonds is 8. The molecule has 0 spiro atoms. The Morgan fingerprint density at radius 3 is 2.50 bits per heavy atom. The highest BCUT2D eigenvalue weighted by Crippen LogP contribution is 2.27. The first kappa shape index (κ1) is 23.7. The molecule has 0 N–H and O–H groups in total. The van der Waals surface area contributed by atoms with E-state index < -0.39 is 5.97 Å². The first-order valence-electron chi connectivity index (χ1n) is 11.3. The summed E-state index contributed by atoms with van der Waals surface area (Å²) >= 11 is 1.48. The van der Waals surface area contributed by atoms with Gasteiger partial charge in [0.15, 0.2) is 6.61 Å². The number of thiophene rings is 1. The van der Waals surface area contributed by atoms with Crippen molar-refractivity contribution in [3.63, 3.8) is 0 Å². The van der Waals surface area contributed by atoms with Crippen LogP contribution in [0.15, 0.2) is 54.0 Å². The van der Waals surface area contributed by atoms with Crippen LogP contribution in [0, 0.1) is 5.92 Å². The molecule has 4 rings (SSSR count). The number of ether oxygens (including phenoxy) is 2. The molecule has 1 saturated heterocycles. The molecule has 0 bridgehead atoms. The monoisotopic (exact) mass is 481 g/mol. The first-order chi connectivity index (χ1) is 16.5. The van der Waals surface area contributed by atoms with Crippen LogP contribution in [0.1, 0.15) is 35.7 Å². The third kappa shape index (κ3) is 5.72. The van der Waals surface area contributed by atoms with Crippen LogP contribution in [0.3, 0.4) is 0 Å². The van der Waals surface area contributed by atoms with E-state index in [1.807, 2.05) is 47.8 Å². The number of nitrogens with zero attached hydrogens (tertiary/aromatic N) is 3. The zero-order valence-electron chi connectivity index (χ0n) is 19.0. The summed E-state index contributed by atoms with van der Waals surface area (Å²) in [6.45, 7) is 3.17. The third-order valence-corrected chi connectivity index (χ3v) is 6.59. The second kappa shape index (κ2) is 11.1. The number of carbonyl (C=O) groups excluding carboxylic acids is 3. The number of esters is 2. The van der Waals surface area contributed by atoms with E-state index in [4.69, 9.17) is 9.47 Å². The fraction of sp³-hybridized carbons (Fsp3) is 0.360. The Bertz CT molecular complexity index is 1120. The zero-order valence-corrected chi connectivity index (χ0v) is 19.8. The molecule has 9 heteroatoms. The molecule has 3 heterocycles. The van der Waals surface area contributed by atoms with Crippen molar-refractivity contribution < 1.29 is 23.9 Å². The Labute approximate surface area is 202 Å². The van der Waals surface area contributed by atoms with Gasteiger partial charge in [-0.25, -0.2) is 4.79 Å². The molecular weight excluding hydrogens is 454 g/mol. The molecule has 1 fully saturated rings. The fourth-order valence-corrected chi connectivity index (χ4v) is 4.66. The minimum absolute atomic E-state index is 0.185. The van der Waals surface area contributed by atoms with E-state index in [1.54, 1.807) is 22.7 Å². The van der Waals surface area contributed by atoms with E-state index in [0.717, 1.165) is 10.4 Å². The van der Waals surface area contributed by atoms with Crippen molar-refractivity contribution in [3.05, 3.63) is 65.2 Å².